The molecular formula is C11H13BrN2O. The molecule has 0 spiro atoms. The molecule has 0 unspecified atom stereocenters. The number of halogens is 1. The molecule has 0 fully saturated rings. The van der Waals surface area contributed by atoms with Crippen LogP contribution in [-0.4, -0.2) is 21.9 Å². The molecule has 0 aliphatic carbocycles. The monoisotopic (exact) mass is 268 g/mol. The summed E-state index contributed by atoms with van der Waals surface area (Å²) in [5.41, 5.74) is 1.71. The number of aromatic nitrogens is 2. The second-order valence-electron chi connectivity index (χ2n) is 4.28. The van der Waals surface area contributed by atoms with E-state index in [-0.39, 0.29) is 12.0 Å². The lowest BCUT2D eigenvalue weighted by atomic mass is 9.84. The van der Waals surface area contributed by atoms with Crippen molar-refractivity contribution in [2.75, 3.05) is 6.61 Å². The van der Waals surface area contributed by atoms with Crippen molar-refractivity contribution in [3.8, 4) is 0 Å². The Morgan fingerprint density at radius 2 is 2.20 bits per heavy atom. The summed E-state index contributed by atoms with van der Waals surface area (Å²) in [4.78, 5) is 0. The number of aliphatic hydroxyl groups excluding tert-OH is 1. The van der Waals surface area contributed by atoms with Gasteiger partial charge in [-0.15, -0.1) is 0 Å². The number of hydrogen-bond acceptors (Lipinski definition) is 2. The molecule has 15 heavy (non-hydrogen) atoms. The Balaban J connectivity index is 2.71. The predicted octanol–water partition coefficient (Wildman–Crippen LogP) is 2.60. The van der Waals surface area contributed by atoms with Crippen molar-refractivity contribution in [3.05, 3.63) is 28.4 Å². The molecule has 4 heteroatoms. The molecule has 0 aliphatic heterocycles. The number of hydrogen-bond donors (Lipinski definition) is 2. The Kier molecular flexibility index (Phi) is 2.56. The first kappa shape index (κ1) is 10.6. The van der Waals surface area contributed by atoms with Crippen LogP contribution >= 0.6 is 15.9 Å². The van der Waals surface area contributed by atoms with E-state index < -0.39 is 0 Å². The molecule has 2 N–H and O–H groups in total. The zero-order valence-electron chi connectivity index (χ0n) is 8.71. The van der Waals surface area contributed by atoms with E-state index in [1.54, 1.807) is 0 Å². The first-order chi connectivity index (χ1) is 7.06. The minimum absolute atomic E-state index is 0.108. The van der Waals surface area contributed by atoms with Crippen molar-refractivity contribution >= 4 is 26.8 Å². The van der Waals surface area contributed by atoms with Gasteiger partial charge >= 0.3 is 0 Å². The standard InChI is InChI=1S/C11H13BrN2O/c1-11(2,6-15)8-5-3-4-7-9(8)13-14-10(7)12/h3-5,15H,6H2,1-2H3,(H,13,14). The molecule has 1 aromatic heterocycles. The Morgan fingerprint density at radius 3 is 2.87 bits per heavy atom. The van der Waals surface area contributed by atoms with E-state index in [4.69, 9.17) is 0 Å². The second-order valence-corrected chi connectivity index (χ2v) is 5.07. The molecule has 0 saturated heterocycles. The zero-order valence-corrected chi connectivity index (χ0v) is 10.3. The van der Waals surface area contributed by atoms with Gasteiger partial charge in [0, 0.05) is 10.8 Å². The number of aromatic amines is 1. The maximum atomic E-state index is 9.36. The van der Waals surface area contributed by atoms with Gasteiger partial charge in [-0.3, -0.25) is 5.10 Å². The van der Waals surface area contributed by atoms with Gasteiger partial charge in [0.15, 0.2) is 0 Å². The van der Waals surface area contributed by atoms with E-state index in [0.717, 1.165) is 21.1 Å². The number of rotatable bonds is 2. The van der Waals surface area contributed by atoms with E-state index in [0.29, 0.717) is 0 Å². The van der Waals surface area contributed by atoms with Crippen LogP contribution in [0.15, 0.2) is 22.8 Å². The molecule has 3 nitrogen and oxygen atoms in total. The first-order valence-electron chi connectivity index (χ1n) is 4.80. The third-order valence-electron chi connectivity index (χ3n) is 2.66. The number of benzene rings is 1. The number of fused-ring (bicyclic) bond motifs is 1. The highest BCUT2D eigenvalue weighted by Gasteiger charge is 2.23. The van der Waals surface area contributed by atoms with Gasteiger partial charge in [-0.1, -0.05) is 32.0 Å². The van der Waals surface area contributed by atoms with Crippen LogP contribution in [0.3, 0.4) is 0 Å². The van der Waals surface area contributed by atoms with Crippen LogP contribution in [0.2, 0.25) is 0 Å². The van der Waals surface area contributed by atoms with Crippen molar-refractivity contribution in [2.24, 2.45) is 0 Å². The Morgan fingerprint density at radius 1 is 1.47 bits per heavy atom. The van der Waals surface area contributed by atoms with Gasteiger partial charge in [0.25, 0.3) is 0 Å². The van der Waals surface area contributed by atoms with Crippen molar-refractivity contribution < 1.29 is 5.11 Å². The normalized spacial score (nSPS) is 12.3. The highest BCUT2D eigenvalue weighted by molar-refractivity contribution is 9.10. The molecule has 0 aliphatic rings. The van der Waals surface area contributed by atoms with Crippen LogP contribution in [0.25, 0.3) is 10.9 Å². The van der Waals surface area contributed by atoms with Crippen LogP contribution in [-0.2, 0) is 5.41 Å². The molecule has 1 aromatic carbocycles. The van der Waals surface area contributed by atoms with Crippen LogP contribution < -0.4 is 0 Å². The molecule has 80 valence electrons. The van der Waals surface area contributed by atoms with Crippen molar-refractivity contribution in [2.45, 2.75) is 19.3 Å². The lowest BCUT2D eigenvalue weighted by Crippen LogP contribution is -2.22. The van der Waals surface area contributed by atoms with E-state index in [1.807, 2.05) is 32.0 Å². The fraction of sp³-hybridized carbons (Fsp3) is 0.364. The van der Waals surface area contributed by atoms with Gasteiger partial charge in [-0.05, 0) is 21.5 Å². The van der Waals surface area contributed by atoms with Gasteiger partial charge in [0.1, 0.15) is 4.60 Å². The van der Waals surface area contributed by atoms with Gasteiger partial charge in [0.2, 0.25) is 0 Å². The molecule has 1 heterocycles. The number of aliphatic hydroxyl groups is 1. The van der Waals surface area contributed by atoms with Crippen molar-refractivity contribution in [1.29, 1.82) is 0 Å². The first-order valence-corrected chi connectivity index (χ1v) is 5.59. The van der Waals surface area contributed by atoms with Gasteiger partial charge in [-0.2, -0.15) is 5.10 Å². The quantitative estimate of drug-likeness (QED) is 0.880. The third kappa shape index (κ3) is 1.68. The summed E-state index contributed by atoms with van der Waals surface area (Å²) in [7, 11) is 0. The highest BCUT2D eigenvalue weighted by atomic mass is 79.9. The summed E-state index contributed by atoms with van der Waals surface area (Å²) >= 11 is 3.41. The van der Waals surface area contributed by atoms with Crippen LogP contribution in [0, 0.1) is 0 Å². The fourth-order valence-corrected chi connectivity index (χ4v) is 2.05. The predicted molar refractivity (Wildman–Crippen MR) is 63.9 cm³/mol. The van der Waals surface area contributed by atoms with Gasteiger partial charge in [0.05, 0.1) is 12.1 Å². The summed E-state index contributed by atoms with van der Waals surface area (Å²) in [6.07, 6.45) is 0. The summed E-state index contributed by atoms with van der Waals surface area (Å²) < 4.78 is 0.882. The van der Waals surface area contributed by atoms with Crippen LogP contribution in [0.4, 0.5) is 0 Å². The molecule has 0 radical (unpaired) electrons. The van der Waals surface area contributed by atoms with E-state index in [2.05, 4.69) is 26.1 Å². The maximum Gasteiger partial charge on any atom is 0.108 e. The molecule has 0 bridgehead atoms. The minimum Gasteiger partial charge on any atom is -0.395 e. The third-order valence-corrected chi connectivity index (χ3v) is 3.27. The lowest BCUT2D eigenvalue weighted by Gasteiger charge is -2.22. The average Bonchev–Trinajstić information content (AvgIpc) is 2.60. The Bertz CT molecular complexity index is 490. The van der Waals surface area contributed by atoms with Crippen molar-refractivity contribution in [1.82, 2.24) is 10.2 Å². The maximum absolute atomic E-state index is 9.36. The van der Waals surface area contributed by atoms with E-state index in [1.165, 1.54) is 0 Å². The fourth-order valence-electron chi connectivity index (χ4n) is 1.64. The smallest absolute Gasteiger partial charge is 0.108 e. The molecule has 0 atom stereocenters. The Labute approximate surface area is 96.6 Å². The molecule has 2 rings (SSSR count). The lowest BCUT2D eigenvalue weighted by molar-refractivity contribution is 0.219. The van der Waals surface area contributed by atoms with Gasteiger partial charge in [-0.25, -0.2) is 0 Å². The molecular weight excluding hydrogens is 256 g/mol. The Hall–Kier alpha value is -0.870. The second kappa shape index (κ2) is 3.61. The largest absolute Gasteiger partial charge is 0.395 e. The number of nitrogens with zero attached hydrogens (tertiary/aromatic N) is 1. The summed E-state index contributed by atoms with van der Waals surface area (Å²) in [5, 5.41) is 17.6. The van der Waals surface area contributed by atoms with E-state index >= 15 is 0 Å². The topological polar surface area (TPSA) is 48.9 Å². The van der Waals surface area contributed by atoms with E-state index in [9.17, 15) is 5.11 Å². The van der Waals surface area contributed by atoms with Crippen LogP contribution in [0.5, 0.6) is 0 Å². The zero-order chi connectivity index (χ0) is 11.1. The van der Waals surface area contributed by atoms with Crippen molar-refractivity contribution in [3.63, 3.8) is 0 Å². The summed E-state index contributed by atoms with van der Waals surface area (Å²) in [6.45, 7) is 4.12. The molecule has 2 aromatic rings. The molecule has 0 saturated carbocycles. The number of H-pyrrole nitrogens is 1. The van der Waals surface area contributed by atoms with Gasteiger partial charge < -0.3 is 5.11 Å². The SMILES string of the molecule is CC(C)(CO)c1cccc2c(Br)[nH]nc12. The average molecular weight is 269 g/mol. The summed E-state index contributed by atoms with van der Waals surface area (Å²) in [5.74, 6) is 0. The minimum atomic E-state index is -0.270. The number of nitrogens with one attached hydrogen (secondary N) is 1. The number of para-hydroxylation sites is 1. The molecule has 0 amide bonds. The summed E-state index contributed by atoms with van der Waals surface area (Å²) in [6, 6.07) is 5.99. The van der Waals surface area contributed by atoms with Crippen LogP contribution in [0.1, 0.15) is 19.4 Å². The highest BCUT2D eigenvalue weighted by Crippen LogP contribution is 2.31.